The van der Waals surface area contributed by atoms with Crippen LogP contribution in [0.4, 0.5) is 11.4 Å². The summed E-state index contributed by atoms with van der Waals surface area (Å²) in [5.74, 6) is -3.28. The topological polar surface area (TPSA) is 156 Å². The van der Waals surface area contributed by atoms with Crippen molar-refractivity contribution in [1.29, 1.82) is 0 Å². The third-order valence-corrected chi connectivity index (χ3v) is 6.06. The summed E-state index contributed by atoms with van der Waals surface area (Å²) in [5, 5.41) is 6.78. The number of carbonyl (C=O) groups is 5. The van der Waals surface area contributed by atoms with Gasteiger partial charge in [-0.25, -0.2) is 14.4 Å². The van der Waals surface area contributed by atoms with Gasteiger partial charge in [0, 0.05) is 12.1 Å². The molecule has 3 rings (SSSR count). The maximum atomic E-state index is 13.0. The molecule has 39 heavy (non-hydrogen) atoms. The lowest BCUT2D eigenvalue weighted by Gasteiger charge is -2.15. The molecule has 0 aliphatic carbocycles. The summed E-state index contributed by atoms with van der Waals surface area (Å²) >= 11 is 1.21. The molecular formula is C26H24N2O10S. The molecule has 204 valence electrons. The summed E-state index contributed by atoms with van der Waals surface area (Å²) in [6, 6.07) is 9.85. The first-order chi connectivity index (χ1) is 18.7. The van der Waals surface area contributed by atoms with Gasteiger partial charge in [-0.3, -0.25) is 9.59 Å². The fourth-order valence-corrected chi connectivity index (χ4v) is 3.94. The number of amides is 2. The Balaban J connectivity index is 1.81. The molecule has 0 radical (unpaired) electrons. The third kappa shape index (κ3) is 6.90. The van der Waals surface area contributed by atoms with Crippen LogP contribution in [0.1, 0.15) is 40.7 Å². The maximum absolute atomic E-state index is 13.0. The molecular weight excluding hydrogens is 532 g/mol. The highest BCUT2D eigenvalue weighted by molar-refractivity contribution is 7.12. The summed E-state index contributed by atoms with van der Waals surface area (Å²) in [6.07, 6.45) is 0. The summed E-state index contributed by atoms with van der Waals surface area (Å²) in [6.45, 7) is -0.769. The van der Waals surface area contributed by atoms with E-state index < -0.39 is 36.3 Å². The third-order valence-electron chi connectivity index (χ3n) is 5.19. The number of hydrogen-bond donors (Lipinski definition) is 2. The average Bonchev–Trinajstić information content (AvgIpc) is 3.50. The molecule has 0 aliphatic rings. The van der Waals surface area contributed by atoms with Gasteiger partial charge in [-0.05, 0) is 29.6 Å². The van der Waals surface area contributed by atoms with E-state index >= 15 is 0 Å². The zero-order valence-corrected chi connectivity index (χ0v) is 22.1. The Kier molecular flexibility index (Phi) is 9.59. The summed E-state index contributed by atoms with van der Waals surface area (Å²) in [4.78, 5) is 62.6. The molecule has 12 nitrogen and oxygen atoms in total. The first-order valence-corrected chi connectivity index (χ1v) is 12.0. The van der Waals surface area contributed by atoms with E-state index in [1.807, 2.05) is 0 Å². The fraction of sp³-hybridized carbons (Fsp3) is 0.192. The molecule has 0 spiro atoms. The van der Waals surface area contributed by atoms with Gasteiger partial charge in [0.2, 0.25) is 0 Å². The molecule has 13 heteroatoms. The minimum Gasteiger partial charge on any atom is -0.493 e. The highest BCUT2D eigenvalue weighted by Gasteiger charge is 2.22. The van der Waals surface area contributed by atoms with Gasteiger partial charge in [-0.15, -0.1) is 11.3 Å². The van der Waals surface area contributed by atoms with Crippen LogP contribution >= 0.6 is 11.3 Å². The molecule has 0 unspecified atom stereocenters. The Morgan fingerprint density at radius 1 is 0.744 bits per heavy atom. The van der Waals surface area contributed by atoms with Crippen molar-refractivity contribution < 1.29 is 47.7 Å². The SMILES string of the molecule is COC(=O)c1ccc(C(=O)OC)c(NC(=O)COC(=O)c2cc(OC)c(OC)cc2NC(=O)c2cccs2)c1. The van der Waals surface area contributed by atoms with Crippen LogP contribution in [0.2, 0.25) is 0 Å². The van der Waals surface area contributed by atoms with E-state index in [0.29, 0.717) is 4.88 Å². The summed E-state index contributed by atoms with van der Waals surface area (Å²) < 4.78 is 25.0. The van der Waals surface area contributed by atoms with Crippen molar-refractivity contribution in [2.24, 2.45) is 0 Å². The first kappa shape index (κ1) is 28.7. The quantitative estimate of drug-likeness (QED) is 0.280. The van der Waals surface area contributed by atoms with E-state index in [9.17, 15) is 24.0 Å². The van der Waals surface area contributed by atoms with Crippen LogP contribution in [-0.2, 0) is 19.0 Å². The number of esters is 3. The van der Waals surface area contributed by atoms with Crippen molar-refractivity contribution in [1.82, 2.24) is 0 Å². The molecule has 0 saturated heterocycles. The Morgan fingerprint density at radius 3 is 2.03 bits per heavy atom. The van der Waals surface area contributed by atoms with Gasteiger partial charge in [0.15, 0.2) is 18.1 Å². The Hall–Kier alpha value is -4.91. The molecule has 2 N–H and O–H groups in total. The van der Waals surface area contributed by atoms with Crippen LogP contribution in [0.5, 0.6) is 11.5 Å². The predicted molar refractivity (Wildman–Crippen MR) is 140 cm³/mol. The van der Waals surface area contributed by atoms with E-state index in [0.717, 1.165) is 7.11 Å². The van der Waals surface area contributed by atoms with E-state index in [1.54, 1.807) is 17.5 Å². The molecule has 0 fully saturated rings. The number of rotatable bonds is 10. The lowest BCUT2D eigenvalue weighted by atomic mass is 10.1. The second kappa shape index (κ2) is 13.1. The minimum atomic E-state index is -0.955. The standard InChI is InChI=1S/C26H24N2O10S/c1-34-19-11-16(18(12-20(19)35-2)28-23(30)21-6-5-9-39-21)26(33)38-13-22(29)27-17-10-14(24(31)36-3)7-8-15(17)25(32)37-4/h5-12H,13H2,1-4H3,(H,27,29)(H,28,30). The van der Waals surface area contributed by atoms with Gasteiger partial charge in [-0.2, -0.15) is 0 Å². The molecule has 0 bridgehead atoms. The Morgan fingerprint density at radius 2 is 1.41 bits per heavy atom. The number of carbonyl (C=O) groups excluding carboxylic acids is 5. The number of anilines is 2. The number of ether oxygens (including phenoxy) is 5. The largest absolute Gasteiger partial charge is 0.493 e. The van der Waals surface area contributed by atoms with Crippen LogP contribution in [0.15, 0.2) is 47.8 Å². The number of hydrogen-bond acceptors (Lipinski definition) is 11. The van der Waals surface area contributed by atoms with E-state index in [1.165, 1.54) is 63.0 Å². The molecule has 0 saturated carbocycles. The highest BCUT2D eigenvalue weighted by Crippen LogP contribution is 2.34. The second-order valence-corrected chi connectivity index (χ2v) is 8.50. The van der Waals surface area contributed by atoms with E-state index in [4.69, 9.17) is 18.9 Å². The Bertz CT molecular complexity index is 1400. The summed E-state index contributed by atoms with van der Waals surface area (Å²) in [7, 11) is 5.09. The van der Waals surface area contributed by atoms with Crippen molar-refractivity contribution >= 4 is 52.4 Å². The molecule has 0 aliphatic heterocycles. The zero-order valence-electron chi connectivity index (χ0n) is 21.3. The number of methoxy groups -OCH3 is 4. The average molecular weight is 557 g/mol. The van der Waals surface area contributed by atoms with Crippen LogP contribution in [-0.4, -0.2) is 64.8 Å². The minimum absolute atomic E-state index is 0.0386. The Labute approximate surface area is 226 Å². The fourth-order valence-electron chi connectivity index (χ4n) is 3.32. The van der Waals surface area contributed by atoms with Crippen molar-refractivity contribution in [2.45, 2.75) is 0 Å². The van der Waals surface area contributed by atoms with E-state index in [2.05, 4.69) is 15.4 Å². The van der Waals surface area contributed by atoms with Crippen molar-refractivity contribution in [3.05, 3.63) is 69.4 Å². The van der Waals surface area contributed by atoms with Crippen LogP contribution in [0.3, 0.4) is 0 Å². The van der Waals surface area contributed by atoms with Gasteiger partial charge >= 0.3 is 17.9 Å². The number of thiophene rings is 1. The smallest absolute Gasteiger partial charge is 0.340 e. The normalized spacial score (nSPS) is 10.2. The van der Waals surface area contributed by atoms with E-state index in [-0.39, 0.29) is 39.6 Å². The van der Waals surface area contributed by atoms with Gasteiger partial charge in [0.05, 0.1) is 61.4 Å². The van der Waals surface area contributed by atoms with Gasteiger partial charge < -0.3 is 34.3 Å². The molecule has 1 heterocycles. The zero-order chi connectivity index (χ0) is 28.5. The van der Waals surface area contributed by atoms with Crippen molar-refractivity contribution in [3.63, 3.8) is 0 Å². The van der Waals surface area contributed by atoms with Crippen molar-refractivity contribution in [3.8, 4) is 11.5 Å². The molecule has 2 amide bonds. The lowest BCUT2D eigenvalue weighted by molar-refractivity contribution is -0.119. The van der Waals surface area contributed by atoms with Gasteiger partial charge in [0.25, 0.3) is 11.8 Å². The summed E-state index contributed by atoms with van der Waals surface area (Å²) in [5.41, 5.74) is -0.0680. The second-order valence-electron chi connectivity index (χ2n) is 7.55. The monoisotopic (exact) mass is 556 g/mol. The lowest BCUT2D eigenvalue weighted by Crippen LogP contribution is -2.23. The van der Waals surface area contributed by atoms with Gasteiger partial charge in [0.1, 0.15) is 0 Å². The molecule has 3 aromatic rings. The van der Waals surface area contributed by atoms with Crippen LogP contribution < -0.4 is 20.1 Å². The van der Waals surface area contributed by atoms with Crippen LogP contribution in [0.25, 0.3) is 0 Å². The predicted octanol–water partition coefficient (Wildman–Crippen LogP) is 3.39. The number of nitrogens with one attached hydrogen (secondary N) is 2. The number of benzene rings is 2. The molecule has 2 aromatic carbocycles. The van der Waals surface area contributed by atoms with Crippen molar-refractivity contribution in [2.75, 3.05) is 45.7 Å². The molecule has 1 aromatic heterocycles. The van der Waals surface area contributed by atoms with Gasteiger partial charge in [-0.1, -0.05) is 6.07 Å². The maximum Gasteiger partial charge on any atom is 0.340 e. The first-order valence-electron chi connectivity index (χ1n) is 11.1. The van der Waals surface area contributed by atoms with Crippen LogP contribution in [0, 0.1) is 0 Å². The highest BCUT2D eigenvalue weighted by atomic mass is 32.1. The molecule has 0 atom stereocenters.